The molecule has 0 fully saturated rings. The number of hydrogen-bond acceptors (Lipinski definition) is 5. The quantitative estimate of drug-likeness (QED) is 0.633. The van der Waals surface area contributed by atoms with Crippen LogP contribution in [-0.4, -0.2) is 21.0 Å². The minimum absolute atomic E-state index is 0.179. The summed E-state index contributed by atoms with van der Waals surface area (Å²) in [4.78, 5) is 44.3. The van der Waals surface area contributed by atoms with Crippen LogP contribution < -0.4 is 5.56 Å². The predicted molar refractivity (Wildman–Crippen MR) is 93.9 cm³/mol. The molecule has 1 atom stereocenters. The second kappa shape index (κ2) is 4.95. The molecule has 0 spiro atoms. The second-order valence-electron chi connectivity index (χ2n) is 6.61. The molecule has 1 unspecified atom stereocenters. The van der Waals surface area contributed by atoms with Crippen molar-refractivity contribution in [3.63, 3.8) is 0 Å². The first-order chi connectivity index (χ1) is 12.1. The highest BCUT2D eigenvalue weighted by Gasteiger charge is 2.44. The summed E-state index contributed by atoms with van der Waals surface area (Å²) in [6, 6.07) is 7.41. The van der Waals surface area contributed by atoms with E-state index in [0.717, 1.165) is 41.0 Å². The lowest BCUT2D eigenvalue weighted by atomic mass is 9.91. The highest BCUT2D eigenvalue weighted by molar-refractivity contribution is 7.19. The minimum atomic E-state index is -0.841. The lowest BCUT2D eigenvalue weighted by molar-refractivity contribution is 0.0888. The smallest absolute Gasteiger partial charge is 0.262 e. The Bertz CT molecular complexity index is 1160. The Morgan fingerprint density at radius 1 is 1.12 bits per heavy atom. The normalized spacial score (nSPS) is 18.8. The van der Waals surface area contributed by atoms with Crippen molar-refractivity contribution in [2.75, 3.05) is 0 Å². The van der Waals surface area contributed by atoms with Crippen molar-refractivity contribution in [3.8, 4) is 0 Å². The number of carbonyl (C=O) groups excluding carboxylic acids is 2. The SMILES string of the molecule is Cc1ccccc1C1C(=O)c2sc3nc4c(c(=O)n3c2C1=O)CCC4. The summed E-state index contributed by atoms with van der Waals surface area (Å²) in [5, 5.41) is 0. The molecule has 0 amide bonds. The number of ketones is 2. The van der Waals surface area contributed by atoms with Crippen molar-refractivity contribution in [2.24, 2.45) is 0 Å². The Morgan fingerprint density at radius 3 is 2.72 bits per heavy atom. The van der Waals surface area contributed by atoms with Gasteiger partial charge < -0.3 is 0 Å². The first kappa shape index (κ1) is 14.7. The third-order valence-corrected chi connectivity index (χ3v) is 6.24. The van der Waals surface area contributed by atoms with E-state index < -0.39 is 5.92 Å². The van der Waals surface area contributed by atoms with Crippen LogP contribution in [0, 0.1) is 6.92 Å². The van der Waals surface area contributed by atoms with Gasteiger partial charge in [0.2, 0.25) is 0 Å². The highest BCUT2D eigenvalue weighted by atomic mass is 32.1. The van der Waals surface area contributed by atoms with Gasteiger partial charge in [0.15, 0.2) is 16.5 Å². The van der Waals surface area contributed by atoms with E-state index in [1.165, 1.54) is 4.40 Å². The number of fused-ring (bicyclic) bond motifs is 4. The van der Waals surface area contributed by atoms with Crippen molar-refractivity contribution in [2.45, 2.75) is 32.1 Å². The van der Waals surface area contributed by atoms with Gasteiger partial charge in [0, 0.05) is 5.56 Å². The molecule has 0 N–H and O–H groups in total. The van der Waals surface area contributed by atoms with E-state index in [9.17, 15) is 14.4 Å². The maximum Gasteiger partial charge on any atom is 0.262 e. The van der Waals surface area contributed by atoms with Gasteiger partial charge in [-0.15, -0.1) is 0 Å². The largest absolute Gasteiger partial charge is 0.292 e. The van der Waals surface area contributed by atoms with Gasteiger partial charge in [0.25, 0.3) is 5.56 Å². The van der Waals surface area contributed by atoms with Crippen LogP contribution in [0.25, 0.3) is 4.96 Å². The van der Waals surface area contributed by atoms with Gasteiger partial charge >= 0.3 is 0 Å². The van der Waals surface area contributed by atoms with Crippen molar-refractivity contribution >= 4 is 27.9 Å². The summed E-state index contributed by atoms with van der Waals surface area (Å²) < 4.78 is 1.38. The molecule has 5 rings (SSSR count). The number of carbonyl (C=O) groups is 2. The molecule has 0 radical (unpaired) electrons. The van der Waals surface area contributed by atoms with Gasteiger partial charge in [0.05, 0.1) is 5.69 Å². The van der Waals surface area contributed by atoms with Crippen LogP contribution in [0.4, 0.5) is 0 Å². The third-order valence-electron chi connectivity index (χ3n) is 5.18. The zero-order valence-corrected chi connectivity index (χ0v) is 14.4. The molecule has 2 heterocycles. The molecule has 1 aromatic carbocycles. The number of Topliss-reactive ketones (excluding diaryl/α,β-unsaturated/α-hetero) is 2. The van der Waals surface area contributed by atoms with Gasteiger partial charge in [-0.2, -0.15) is 0 Å². The molecule has 0 aliphatic heterocycles. The molecule has 2 aliphatic carbocycles. The second-order valence-corrected chi connectivity index (χ2v) is 7.59. The number of nitrogens with zero attached hydrogens (tertiary/aromatic N) is 2. The molecular weight excluding hydrogens is 336 g/mol. The van der Waals surface area contributed by atoms with Crippen molar-refractivity contribution in [3.05, 3.63) is 67.6 Å². The summed E-state index contributed by atoms with van der Waals surface area (Å²) in [5.74, 6) is -1.35. The Balaban J connectivity index is 1.77. The predicted octanol–water partition coefficient (Wildman–Crippen LogP) is 2.72. The summed E-state index contributed by atoms with van der Waals surface area (Å²) in [5.41, 5.74) is 3.18. The van der Waals surface area contributed by atoms with E-state index in [1.54, 1.807) is 0 Å². The number of rotatable bonds is 1. The fraction of sp³-hybridized carbons (Fsp3) is 0.263. The van der Waals surface area contributed by atoms with Crippen molar-refractivity contribution < 1.29 is 9.59 Å². The summed E-state index contributed by atoms with van der Waals surface area (Å²) in [6.45, 7) is 1.89. The number of thiazole rings is 1. The Kier molecular flexibility index (Phi) is 2.92. The zero-order valence-electron chi connectivity index (χ0n) is 13.5. The molecule has 0 saturated heterocycles. The Morgan fingerprint density at radius 2 is 1.92 bits per heavy atom. The van der Waals surface area contributed by atoms with E-state index in [4.69, 9.17) is 0 Å². The van der Waals surface area contributed by atoms with Crippen LogP contribution in [0.1, 0.15) is 54.9 Å². The molecule has 0 bridgehead atoms. The molecule has 5 nitrogen and oxygen atoms in total. The van der Waals surface area contributed by atoms with E-state index >= 15 is 0 Å². The fourth-order valence-electron chi connectivity index (χ4n) is 3.94. The number of hydrogen-bond donors (Lipinski definition) is 0. The van der Waals surface area contributed by atoms with Crippen LogP contribution in [0.15, 0.2) is 29.1 Å². The molecule has 25 heavy (non-hydrogen) atoms. The third kappa shape index (κ3) is 1.83. The molecule has 2 aliphatic rings. The van der Waals surface area contributed by atoms with Crippen LogP contribution in [0.5, 0.6) is 0 Å². The van der Waals surface area contributed by atoms with Crippen LogP contribution in [0.2, 0.25) is 0 Å². The first-order valence-electron chi connectivity index (χ1n) is 8.29. The maximum absolute atomic E-state index is 13.1. The number of aryl methyl sites for hydroxylation is 2. The van der Waals surface area contributed by atoms with Crippen LogP contribution in [-0.2, 0) is 12.8 Å². The fourth-order valence-corrected chi connectivity index (χ4v) is 5.06. The molecule has 3 aromatic rings. The average molecular weight is 350 g/mol. The molecule has 0 saturated carbocycles. The maximum atomic E-state index is 13.1. The summed E-state index contributed by atoms with van der Waals surface area (Å²) >= 11 is 1.16. The molecule has 124 valence electrons. The van der Waals surface area contributed by atoms with Crippen molar-refractivity contribution in [1.29, 1.82) is 0 Å². The average Bonchev–Trinajstić information content (AvgIpc) is 3.26. The highest BCUT2D eigenvalue weighted by Crippen LogP contribution is 2.39. The topological polar surface area (TPSA) is 68.5 Å². The van der Waals surface area contributed by atoms with Gasteiger partial charge in [-0.05, 0) is 37.3 Å². The van der Waals surface area contributed by atoms with Gasteiger partial charge in [0.1, 0.15) is 16.5 Å². The van der Waals surface area contributed by atoms with E-state index in [2.05, 4.69) is 4.98 Å². The summed E-state index contributed by atoms with van der Waals surface area (Å²) in [7, 11) is 0. The number of benzene rings is 1. The monoisotopic (exact) mass is 350 g/mol. The number of aromatic nitrogens is 2. The van der Waals surface area contributed by atoms with Gasteiger partial charge in [-0.3, -0.25) is 14.4 Å². The van der Waals surface area contributed by atoms with Gasteiger partial charge in [-0.1, -0.05) is 35.6 Å². The lowest BCUT2D eigenvalue weighted by Gasteiger charge is -2.11. The van der Waals surface area contributed by atoms with Crippen molar-refractivity contribution in [1.82, 2.24) is 9.38 Å². The summed E-state index contributed by atoms with van der Waals surface area (Å²) in [6.07, 6.45) is 2.39. The van der Waals surface area contributed by atoms with Crippen LogP contribution >= 0.6 is 11.3 Å². The first-order valence-corrected chi connectivity index (χ1v) is 9.11. The van der Waals surface area contributed by atoms with E-state index in [1.807, 2.05) is 31.2 Å². The minimum Gasteiger partial charge on any atom is -0.292 e. The standard InChI is InChI=1S/C19H14N2O3S/c1-9-5-2-3-6-10(9)13-15(22)14-17(16(13)23)25-19-20-12-8-4-7-11(12)18(24)21(14)19/h2-3,5-6,13H,4,7-8H2,1H3. The zero-order chi connectivity index (χ0) is 17.3. The van der Waals surface area contributed by atoms with E-state index in [0.29, 0.717) is 21.8 Å². The molecule has 2 aromatic heterocycles. The Hall–Kier alpha value is -2.60. The lowest BCUT2D eigenvalue weighted by Crippen LogP contribution is -2.23. The Labute approximate surface area is 147 Å². The molecule has 6 heteroatoms. The van der Waals surface area contributed by atoms with Crippen LogP contribution in [0.3, 0.4) is 0 Å². The molecular formula is C19H14N2O3S. The van der Waals surface area contributed by atoms with E-state index in [-0.39, 0.29) is 22.8 Å². The van der Waals surface area contributed by atoms with Gasteiger partial charge in [-0.25, -0.2) is 9.38 Å².